The highest BCUT2D eigenvalue weighted by Crippen LogP contribution is 2.46. The molecule has 0 aromatic carbocycles. The third-order valence-corrected chi connectivity index (χ3v) is 4.02. The Labute approximate surface area is 114 Å². The molecule has 1 N–H and O–H groups in total. The van der Waals surface area contributed by atoms with Gasteiger partial charge in [-0.2, -0.15) is 10.4 Å². The SMILES string of the molecule is CCOC1(c2n[nH]c(CC#N)n2)CCC(C)(C)CC1. The molecule has 5 nitrogen and oxygen atoms in total. The normalized spacial score (nSPS) is 20.9. The molecule has 1 aliphatic carbocycles. The Morgan fingerprint density at radius 1 is 1.32 bits per heavy atom. The van der Waals surface area contributed by atoms with Crippen molar-refractivity contribution in [1.82, 2.24) is 15.2 Å². The zero-order valence-electron chi connectivity index (χ0n) is 12.0. The lowest BCUT2D eigenvalue weighted by Gasteiger charge is -2.41. The zero-order valence-corrected chi connectivity index (χ0v) is 12.0. The molecule has 1 saturated carbocycles. The number of hydrogen-bond acceptors (Lipinski definition) is 4. The fraction of sp³-hybridized carbons (Fsp3) is 0.786. The predicted molar refractivity (Wildman–Crippen MR) is 71.3 cm³/mol. The predicted octanol–water partition coefficient (Wildman–Crippen LogP) is 2.70. The fourth-order valence-corrected chi connectivity index (χ4v) is 2.69. The Morgan fingerprint density at radius 2 is 2.00 bits per heavy atom. The van der Waals surface area contributed by atoms with E-state index in [1.807, 2.05) is 6.92 Å². The smallest absolute Gasteiger partial charge is 0.182 e. The minimum absolute atomic E-state index is 0.265. The van der Waals surface area contributed by atoms with Crippen molar-refractivity contribution in [2.45, 2.75) is 58.5 Å². The van der Waals surface area contributed by atoms with Gasteiger partial charge in [-0.1, -0.05) is 13.8 Å². The van der Waals surface area contributed by atoms with Crippen LogP contribution in [0, 0.1) is 16.7 Å². The summed E-state index contributed by atoms with van der Waals surface area (Å²) in [5, 5.41) is 15.8. The van der Waals surface area contributed by atoms with Crippen molar-refractivity contribution in [2.75, 3.05) is 6.61 Å². The van der Waals surface area contributed by atoms with Gasteiger partial charge in [0.15, 0.2) is 5.82 Å². The molecule has 1 aliphatic rings. The largest absolute Gasteiger partial charge is 0.367 e. The van der Waals surface area contributed by atoms with E-state index in [9.17, 15) is 0 Å². The third-order valence-electron chi connectivity index (χ3n) is 4.02. The number of nitrogens with zero attached hydrogens (tertiary/aromatic N) is 3. The van der Waals surface area contributed by atoms with Crippen LogP contribution in [0.15, 0.2) is 0 Å². The van der Waals surface area contributed by atoms with Crippen LogP contribution in [0.4, 0.5) is 0 Å². The molecule has 104 valence electrons. The third kappa shape index (κ3) is 2.95. The molecule has 1 heterocycles. The first-order valence-corrected chi connectivity index (χ1v) is 6.94. The van der Waals surface area contributed by atoms with Crippen LogP contribution >= 0.6 is 0 Å². The first-order valence-electron chi connectivity index (χ1n) is 6.94. The van der Waals surface area contributed by atoms with E-state index in [0.29, 0.717) is 17.8 Å². The second-order valence-corrected chi connectivity index (χ2v) is 6.03. The van der Waals surface area contributed by atoms with E-state index in [4.69, 9.17) is 10.00 Å². The summed E-state index contributed by atoms with van der Waals surface area (Å²) < 4.78 is 6.01. The molecular weight excluding hydrogens is 240 g/mol. The molecule has 2 rings (SSSR count). The van der Waals surface area contributed by atoms with E-state index < -0.39 is 0 Å². The molecule has 0 spiro atoms. The topological polar surface area (TPSA) is 74.6 Å². The minimum atomic E-state index is -0.367. The van der Waals surface area contributed by atoms with Crippen molar-refractivity contribution in [3.05, 3.63) is 11.6 Å². The lowest BCUT2D eigenvalue weighted by Crippen LogP contribution is -2.38. The quantitative estimate of drug-likeness (QED) is 0.905. The monoisotopic (exact) mass is 262 g/mol. The molecule has 0 saturated heterocycles. The summed E-state index contributed by atoms with van der Waals surface area (Å²) in [6.45, 7) is 7.25. The van der Waals surface area contributed by atoms with Crippen molar-refractivity contribution < 1.29 is 4.74 Å². The number of aromatic amines is 1. The maximum atomic E-state index is 8.71. The highest BCUT2D eigenvalue weighted by Gasteiger charge is 2.43. The number of H-pyrrole nitrogens is 1. The molecule has 0 radical (unpaired) electrons. The number of aromatic nitrogens is 3. The van der Waals surface area contributed by atoms with Crippen LogP contribution < -0.4 is 0 Å². The Hall–Kier alpha value is -1.41. The molecule has 0 amide bonds. The second-order valence-electron chi connectivity index (χ2n) is 6.03. The van der Waals surface area contributed by atoms with E-state index in [2.05, 4.69) is 35.1 Å². The van der Waals surface area contributed by atoms with E-state index in [1.165, 1.54) is 0 Å². The summed E-state index contributed by atoms with van der Waals surface area (Å²) in [5.41, 5.74) is 0.000861. The highest BCUT2D eigenvalue weighted by atomic mass is 16.5. The zero-order chi connectivity index (χ0) is 13.9. The van der Waals surface area contributed by atoms with Crippen molar-refractivity contribution in [1.29, 1.82) is 5.26 Å². The van der Waals surface area contributed by atoms with Crippen LogP contribution in [-0.4, -0.2) is 21.8 Å². The van der Waals surface area contributed by atoms with Gasteiger partial charge in [0.25, 0.3) is 0 Å². The summed E-state index contributed by atoms with van der Waals surface area (Å²) in [6.07, 6.45) is 4.36. The molecule has 0 aliphatic heterocycles. The number of nitriles is 1. The van der Waals surface area contributed by atoms with Crippen LogP contribution in [0.2, 0.25) is 0 Å². The molecule has 19 heavy (non-hydrogen) atoms. The lowest BCUT2D eigenvalue weighted by molar-refractivity contribution is -0.0946. The molecule has 5 heteroatoms. The van der Waals surface area contributed by atoms with Gasteiger partial charge in [-0.3, -0.25) is 5.10 Å². The number of nitrogens with one attached hydrogen (secondary N) is 1. The van der Waals surface area contributed by atoms with Gasteiger partial charge < -0.3 is 4.74 Å². The Bertz CT molecular complexity index is 462. The van der Waals surface area contributed by atoms with Crippen molar-refractivity contribution >= 4 is 0 Å². The summed E-state index contributed by atoms with van der Waals surface area (Å²) in [6, 6.07) is 2.08. The van der Waals surface area contributed by atoms with Crippen molar-refractivity contribution in [2.24, 2.45) is 5.41 Å². The van der Waals surface area contributed by atoms with Gasteiger partial charge in [0, 0.05) is 6.61 Å². The summed E-state index contributed by atoms with van der Waals surface area (Å²) in [5.74, 6) is 1.34. The second kappa shape index (κ2) is 5.30. The van der Waals surface area contributed by atoms with Crippen molar-refractivity contribution in [3.63, 3.8) is 0 Å². The van der Waals surface area contributed by atoms with Crippen LogP contribution in [0.3, 0.4) is 0 Å². The van der Waals surface area contributed by atoms with E-state index in [0.717, 1.165) is 31.5 Å². The maximum absolute atomic E-state index is 8.71. The van der Waals surface area contributed by atoms with E-state index in [1.54, 1.807) is 0 Å². The van der Waals surface area contributed by atoms with Crippen LogP contribution in [0.1, 0.15) is 58.1 Å². The molecule has 0 atom stereocenters. The van der Waals surface area contributed by atoms with Gasteiger partial charge >= 0.3 is 0 Å². The molecule has 1 aromatic rings. The van der Waals surface area contributed by atoms with Gasteiger partial charge in [-0.15, -0.1) is 0 Å². The number of hydrogen-bond donors (Lipinski definition) is 1. The number of rotatable bonds is 4. The van der Waals surface area contributed by atoms with Gasteiger partial charge in [0.05, 0.1) is 12.5 Å². The highest BCUT2D eigenvalue weighted by molar-refractivity contribution is 5.08. The average Bonchev–Trinajstić information content (AvgIpc) is 2.82. The maximum Gasteiger partial charge on any atom is 0.182 e. The standard InChI is InChI=1S/C14H22N4O/c1-4-19-14(8-6-13(2,3)7-9-14)12-16-11(5-10-15)17-18-12/h4-9H2,1-3H3,(H,16,17,18). The molecule has 1 fully saturated rings. The minimum Gasteiger partial charge on any atom is -0.367 e. The van der Waals surface area contributed by atoms with Crippen LogP contribution in [0.5, 0.6) is 0 Å². The van der Waals surface area contributed by atoms with Gasteiger partial charge in [-0.25, -0.2) is 4.98 Å². The summed E-state index contributed by atoms with van der Waals surface area (Å²) in [4.78, 5) is 4.45. The molecule has 0 bridgehead atoms. The van der Waals surface area contributed by atoms with E-state index in [-0.39, 0.29) is 12.0 Å². The van der Waals surface area contributed by atoms with E-state index >= 15 is 0 Å². The lowest BCUT2D eigenvalue weighted by atomic mass is 9.70. The Morgan fingerprint density at radius 3 is 2.58 bits per heavy atom. The van der Waals surface area contributed by atoms with Crippen LogP contribution in [-0.2, 0) is 16.8 Å². The summed E-state index contributed by atoms with van der Waals surface area (Å²) >= 11 is 0. The number of ether oxygens (including phenoxy) is 1. The van der Waals surface area contributed by atoms with Crippen molar-refractivity contribution in [3.8, 4) is 6.07 Å². The first kappa shape index (κ1) is 14.0. The Balaban J connectivity index is 2.22. The first-order chi connectivity index (χ1) is 9.01. The molecular formula is C14H22N4O. The average molecular weight is 262 g/mol. The fourth-order valence-electron chi connectivity index (χ4n) is 2.69. The molecule has 0 unspecified atom stereocenters. The van der Waals surface area contributed by atoms with Gasteiger partial charge in [0.2, 0.25) is 0 Å². The van der Waals surface area contributed by atoms with Gasteiger partial charge in [-0.05, 0) is 38.0 Å². The van der Waals surface area contributed by atoms with Crippen LogP contribution in [0.25, 0.3) is 0 Å². The Kier molecular flexibility index (Phi) is 3.91. The van der Waals surface area contributed by atoms with Gasteiger partial charge in [0.1, 0.15) is 11.4 Å². The summed E-state index contributed by atoms with van der Waals surface area (Å²) in [7, 11) is 0. The molecule has 1 aromatic heterocycles.